The number of aryl methyl sites for hydroxylation is 1. The van der Waals surface area contributed by atoms with Crippen LogP contribution in [0.4, 0.5) is 0 Å². The molecule has 0 saturated carbocycles. The maximum atomic E-state index is 14.6. The number of fused-ring (bicyclic) bond motifs is 6. The molecule has 354 valence electrons. The minimum absolute atomic E-state index is 0.0268. The Kier molecular flexibility index (Phi) is 16.1. The fourth-order valence-corrected chi connectivity index (χ4v) is 9.37. The van der Waals surface area contributed by atoms with Crippen LogP contribution in [0.25, 0.3) is 33.3 Å². The van der Waals surface area contributed by atoms with Gasteiger partial charge in [-0.05, 0) is 110 Å². The molecule has 6 bridgehead atoms. The summed E-state index contributed by atoms with van der Waals surface area (Å²) in [6.07, 6.45) is 5.25. The number of nitrogens with one attached hydrogen (secondary N) is 2. The van der Waals surface area contributed by atoms with Crippen LogP contribution in [0, 0.1) is 17.3 Å². The number of pyridine rings is 1. The molecule has 3 N–H and O–H groups in total. The zero-order chi connectivity index (χ0) is 47.9. The van der Waals surface area contributed by atoms with E-state index in [2.05, 4.69) is 60.9 Å². The molecule has 4 heterocycles. The van der Waals surface area contributed by atoms with Crippen molar-refractivity contribution in [2.75, 3.05) is 47.4 Å². The summed E-state index contributed by atoms with van der Waals surface area (Å²) < 4.78 is 14.0. The van der Waals surface area contributed by atoms with Gasteiger partial charge in [-0.3, -0.25) is 34.0 Å². The second-order valence-corrected chi connectivity index (χ2v) is 18.8. The van der Waals surface area contributed by atoms with Crippen molar-refractivity contribution >= 4 is 40.5 Å². The van der Waals surface area contributed by atoms with Crippen molar-refractivity contribution < 1.29 is 38.6 Å². The lowest BCUT2D eigenvalue weighted by molar-refractivity contribution is -0.155. The first-order valence-electron chi connectivity index (χ1n) is 23.0. The molecule has 0 aliphatic carbocycles. The summed E-state index contributed by atoms with van der Waals surface area (Å²) in [6.45, 7) is 15.2. The average Bonchev–Trinajstić information content (AvgIpc) is 3.59. The van der Waals surface area contributed by atoms with Crippen molar-refractivity contribution in [2.45, 2.75) is 98.4 Å². The highest BCUT2D eigenvalue weighted by molar-refractivity contribution is 5.95. The van der Waals surface area contributed by atoms with Crippen molar-refractivity contribution in [1.29, 1.82) is 0 Å². The minimum Gasteiger partial charge on any atom is -0.508 e. The number of hydrogen-bond donors (Lipinski definition) is 3. The monoisotopic (exact) mass is 906 g/mol. The lowest BCUT2D eigenvalue weighted by Crippen LogP contribution is -2.58. The van der Waals surface area contributed by atoms with Crippen molar-refractivity contribution in [3.05, 3.63) is 84.2 Å². The van der Waals surface area contributed by atoms with Crippen molar-refractivity contribution in [2.24, 2.45) is 17.3 Å². The number of hydrogen-bond acceptors (Lipinski definition) is 10. The molecular formula is C51H67N7O8. The first-order chi connectivity index (χ1) is 31.5. The highest BCUT2D eigenvalue weighted by Gasteiger charge is 2.36. The number of benzene rings is 2. The minimum atomic E-state index is -0.837. The largest absolute Gasteiger partial charge is 0.508 e. The van der Waals surface area contributed by atoms with E-state index < -0.39 is 35.3 Å². The Morgan fingerprint density at radius 3 is 2.61 bits per heavy atom. The molecule has 0 unspecified atom stereocenters. The van der Waals surface area contributed by atoms with E-state index in [9.17, 15) is 29.1 Å². The number of aromatic hydroxyl groups is 1. The maximum absolute atomic E-state index is 14.6. The third kappa shape index (κ3) is 11.3. The predicted molar refractivity (Wildman–Crippen MR) is 254 cm³/mol. The second-order valence-electron chi connectivity index (χ2n) is 18.8. The fraction of sp³-hybridized carbons (Fsp3) is 0.490. The Morgan fingerprint density at radius 2 is 1.89 bits per heavy atom. The molecule has 2 aliphatic rings. The normalized spacial score (nSPS) is 18.0. The smallest absolute Gasteiger partial charge is 0.324 e. The topological polar surface area (TPSA) is 176 Å². The molecule has 0 spiro atoms. The Bertz CT molecular complexity index is 2440. The van der Waals surface area contributed by atoms with Crippen molar-refractivity contribution in [1.82, 2.24) is 35.1 Å². The van der Waals surface area contributed by atoms with Crippen LogP contribution in [-0.4, -0.2) is 119 Å². The number of nitrogens with zero attached hydrogens (tertiary/aromatic N) is 5. The molecule has 66 heavy (non-hydrogen) atoms. The number of rotatable bonds is 14. The molecule has 2 aromatic heterocycles. The van der Waals surface area contributed by atoms with Gasteiger partial charge in [0.2, 0.25) is 23.6 Å². The highest BCUT2D eigenvalue weighted by atomic mass is 16.5. The first kappa shape index (κ1) is 49.4. The molecule has 1 saturated heterocycles. The van der Waals surface area contributed by atoms with Crippen LogP contribution < -0.4 is 10.7 Å². The van der Waals surface area contributed by atoms with Crippen LogP contribution >= 0.6 is 0 Å². The molecule has 15 heteroatoms. The molecule has 1 fully saturated rings. The zero-order valence-electron chi connectivity index (χ0n) is 39.8. The number of methoxy groups -OCH3 is 1. The highest BCUT2D eigenvalue weighted by Crippen LogP contribution is 2.41. The summed E-state index contributed by atoms with van der Waals surface area (Å²) in [5.74, 6) is -2.75. The Balaban J connectivity index is 1.38. The molecule has 2 aromatic carbocycles. The fourth-order valence-electron chi connectivity index (χ4n) is 9.37. The van der Waals surface area contributed by atoms with Gasteiger partial charge in [0.25, 0.3) is 0 Å². The van der Waals surface area contributed by atoms with Gasteiger partial charge in [0, 0.05) is 81.9 Å². The average molecular weight is 906 g/mol. The van der Waals surface area contributed by atoms with Gasteiger partial charge >= 0.3 is 5.97 Å². The zero-order valence-corrected chi connectivity index (χ0v) is 39.8. The standard InChI is InChI=1S/C51H67N7O8/c1-10-44(60)55(7)21-14-17-45(61)56(8)46(32(3)4)48(62)53-29-36-24-33-23-35(26-37(59)25-33)34-18-19-43-39(27-34)40(47(57(43)11-2)38-15-12-20-52-42(38)30-65-9)28-51(5,6)31-66-50(64)41-16-13-22-58(54-41)49(36)63/h10,12,15,18-20,23,25-27,32,36,41,46,54,59H,1,11,13-14,16-17,21-22,24,28-31H2,2-9H3,(H,53,62)/t36-,41+,46+/m1/s1. The number of likely N-dealkylation sites (N-methyl/N-ethyl adjacent to an activating group) is 2. The Labute approximate surface area is 388 Å². The van der Waals surface area contributed by atoms with Crippen LogP contribution in [0.1, 0.15) is 77.1 Å². The van der Waals surface area contributed by atoms with E-state index in [1.165, 1.54) is 20.9 Å². The van der Waals surface area contributed by atoms with Crippen LogP contribution in [0.2, 0.25) is 0 Å². The van der Waals surface area contributed by atoms with E-state index >= 15 is 0 Å². The number of ether oxygens (including phenoxy) is 2. The van der Waals surface area contributed by atoms with Gasteiger partial charge in [0.05, 0.1) is 30.5 Å². The van der Waals surface area contributed by atoms with Gasteiger partial charge in [0.15, 0.2) is 0 Å². The van der Waals surface area contributed by atoms with E-state index in [0.717, 1.165) is 44.5 Å². The van der Waals surface area contributed by atoms with E-state index in [1.807, 2.05) is 32.0 Å². The van der Waals surface area contributed by atoms with Crippen LogP contribution in [-0.2, 0) is 59.4 Å². The summed E-state index contributed by atoms with van der Waals surface area (Å²) in [7, 11) is 4.89. The molecule has 0 radical (unpaired) electrons. The van der Waals surface area contributed by atoms with Crippen LogP contribution in [0.5, 0.6) is 5.75 Å². The lowest BCUT2D eigenvalue weighted by atomic mass is 9.84. The number of carbonyl (C=O) groups is 5. The Hall–Kier alpha value is -6.06. The molecule has 6 rings (SSSR count). The second kappa shape index (κ2) is 21.5. The molecule has 2 aliphatic heterocycles. The summed E-state index contributed by atoms with van der Waals surface area (Å²) in [6, 6.07) is 14.0. The summed E-state index contributed by atoms with van der Waals surface area (Å²) >= 11 is 0. The SMILES string of the molecule is C=CC(=O)N(C)CCCC(=O)N(C)[C@H](C(=O)NC[C@H]1Cc2cc(O)cc(c2)-c2ccc3c(c2)c(c(-c2cccnc2COC)n3CC)CC(C)(C)COC(=O)[C@@H]2CCCN(N2)C1=O)C(C)C. The number of amides is 4. The van der Waals surface area contributed by atoms with Gasteiger partial charge < -0.3 is 34.3 Å². The predicted octanol–water partition coefficient (Wildman–Crippen LogP) is 6.05. The van der Waals surface area contributed by atoms with Crippen LogP contribution in [0.15, 0.2) is 67.4 Å². The summed E-state index contributed by atoms with van der Waals surface area (Å²) in [5, 5.41) is 16.7. The number of esters is 1. The lowest BCUT2D eigenvalue weighted by Gasteiger charge is -2.36. The number of phenols is 1. The number of aromatic nitrogens is 2. The van der Waals surface area contributed by atoms with E-state index in [0.29, 0.717) is 57.5 Å². The number of hydrazine groups is 1. The number of carbonyl (C=O) groups excluding carboxylic acids is 5. The van der Waals surface area contributed by atoms with Gasteiger partial charge in [-0.15, -0.1) is 0 Å². The quantitative estimate of drug-likeness (QED) is 0.0999. The van der Waals surface area contributed by atoms with Crippen LogP contribution in [0.3, 0.4) is 0 Å². The first-order valence-corrected chi connectivity index (χ1v) is 23.0. The van der Waals surface area contributed by atoms with E-state index in [1.54, 1.807) is 39.5 Å². The molecule has 4 aromatic rings. The van der Waals surface area contributed by atoms with E-state index in [4.69, 9.17) is 14.5 Å². The summed E-state index contributed by atoms with van der Waals surface area (Å²) in [5.41, 5.74) is 9.79. The molecule has 3 atom stereocenters. The van der Waals surface area contributed by atoms with Crippen molar-refractivity contribution in [3.8, 4) is 28.1 Å². The third-order valence-corrected chi connectivity index (χ3v) is 12.7. The van der Waals surface area contributed by atoms with Gasteiger partial charge in [-0.25, -0.2) is 5.43 Å². The van der Waals surface area contributed by atoms with Gasteiger partial charge in [-0.1, -0.05) is 46.4 Å². The van der Waals surface area contributed by atoms with Crippen molar-refractivity contribution in [3.63, 3.8) is 0 Å². The van der Waals surface area contributed by atoms with Gasteiger partial charge in [-0.2, -0.15) is 0 Å². The maximum Gasteiger partial charge on any atom is 0.324 e. The Morgan fingerprint density at radius 1 is 1.12 bits per heavy atom. The van der Waals surface area contributed by atoms with Gasteiger partial charge in [0.1, 0.15) is 17.8 Å². The third-order valence-electron chi connectivity index (χ3n) is 12.7. The molecular weight excluding hydrogens is 839 g/mol. The molecule has 4 amide bonds. The summed E-state index contributed by atoms with van der Waals surface area (Å²) in [4.78, 5) is 75.5. The number of phenolic OH excluding ortho intramolecular Hbond substituents is 1. The number of cyclic esters (lactones) is 1. The molecule has 15 nitrogen and oxygen atoms in total. The van der Waals surface area contributed by atoms with E-state index in [-0.39, 0.29) is 55.4 Å².